The molecule has 1 atom stereocenters. The zero-order chi connectivity index (χ0) is 17.4. The lowest BCUT2D eigenvalue weighted by atomic mass is 9.88. The van der Waals surface area contributed by atoms with Crippen LogP contribution in [0.15, 0.2) is 35.1 Å². The van der Waals surface area contributed by atoms with E-state index >= 15 is 0 Å². The number of ketones is 1. The maximum atomic E-state index is 12.8. The summed E-state index contributed by atoms with van der Waals surface area (Å²) in [6.07, 6.45) is 15.4. The van der Waals surface area contributed by atoms with Gasteiger partial charge in [0.2, 0.25) is 0 Å². The van der Waals surface area contributed by atoms with Crippen LogP contribution in [0.2, 0.25) is 0 Å². The molecule has 0 saturated heterocycles. The second kappa shape index (κ2) is 9.74. The van der Waals surface area contributed by atoms with Crippen molar-refractivity contribution in [3.05, 3.63) is 35.1 Å². The standard InChI is InChI=1S/C20H28N2OS/c1-3-4-5-6-9-12-18-16(2)20(23)17-11-8-7-10-13-19(17)22(18)15-24-14-21/h10-11,13,19H,3-9,12,15H2,1-2H3. The molecule has 3 nitrogen and oxygen atoms in total. The molecule has 1 heterocycles. The molecule has 0 saturated carbocycles. The second-order valence-corrected chi connectivity index (χ2v) is 7.24. The molecular weight excluding hydrogens is 316 g/mol. The smallest absolute Gasteiger partial charge is 0.188 e. The fourth-order valence-electron chi connectivity index (χ4n) is 3.50. The van der Waals surface area contributed by atoms with Gasteiger partial charge < -0.3 is 4.90 Å². The Labute approximate surface area is 150 Å². The van der Waals surface area contributed by atoms with Crippen molar-refractivity contribution in [2.75, 3.05) is 5.88 Å². The van der Waals surface area contributed by atoms with Crippen molar-refractivity contribution in [3.8, 4) is 5.40 Å². The topological polar surface area (TPSA) is 44.1 Å². The van der Waals surface area contributed by atoms with E-state index in [4.69, 9.17) is 5.26 Å². The highest BCUT2D eigenvalue weighted by molar-refractivity contribution is 8.03. The van der Waals surface area contributed by atoms with Gasteiger partial charge in [0.05, 0.1) is 11.9 Å². The molecule has 0 aromatic carbocycles. The summed E-state index contributed by atoms with van der Waals surface area (Å²) in [6, 6.07) is 0.00944. The number of nitrogens with zero attached hydrogens (tertiary/aromatic N) is 2. The monoisotopic (exact) mass is 344 g/mol. The van der Waals surface area contributed by atoms with E-state index in [1.54, 1.807) is 0 Å². The van der Waals surface area contributed by atoms with Crippen molar-refractivity contribution in [1.29, 1.82) is 5.26 Å². The van der Waals surface area contributed by atoms with Gasteiger partial charge in [-0.1, -0.05) is 50.8 Å². The Bertz CT molecular complexity index is 583. The van der Waals surface area contributed by atoms with E-state index in [9.17, 15) is 4.79 Å². The first-order valence-corrected chi connectivity index (χ1v) is 10.1. The van der Waals surface area contributed by atoms with Crippen LogP contribution in [0.5, 0.6) is 0 Å². The minimum absolute atomic E-state index is 0.00944. The predicted molar refractivity (Wildman–Crippen MR) is 101 cm³/mol. The SMILES string of the molecule is CCCCCCCC1=C(C)C(=O)C2=CCCC=CC2N1CSC#N. The van der Waals surface area contributed by atoms with Gasteiger partial charge in [0.15, 0.2) is 5.78 Å². The molecule has 4 heteroatoms. The third-order valence-electron chi connectivity index (χ3n) is 4.84. The highest BCUT2D eigenvalue weighted by atomic mass is 32.2. The molecule has 0 radical (unpaired) electrons. The van der Waals surface area contributed by atoms with Crippen LogP contribution in [0, 0.1) is 10.7 Å². The first-order chi connectivity index (χ1) is 11.7. The van der Waals surface area contributed by atoms with E-state index in [1.807, 2.05) is 6.92 Å². The number of allylic oxidation sites excluding steroid dienone is 4. The zero-order valence-corrected chi connectivity index (χ0v) is 15.7. The van der Waals surface area contributed by atoms with Crippen LogP contribution in [-0.2, 0) is 4.79 Å². The minimum Gasteiger partial charge on any atom is -0.354 e. The van der Waals surface area contributed by atoms with Gasteiger partial charge in [-0.05, 0) is 44.4 Å². The summed E-state index contributed by atoms with van der Waals surface area (Å²) in [4.78, 5) is 15.1. The number of nitriles is 1. The van der Waals surface area contributed by atoms with E-state index in [2.05, 4.69) is 35.5 Å². The number of carbonyl (C=O) groups is 1. The Hall–Kier alpha value is -1.47. The molecule has 24 heavy (non-hydrogen) atoms. The molecule has 0 fully saturated rings. The Kier molecular flexibility index (Phi) is 7.65. The molecule has 1 aliphatic heterocycles. The first-order valence-electron chi connectivity index (χ1n) is 9.09. The van der Waals surface area contributed by atoms with E-state index in [1.165, 1.54) is 37.4 Å². The summed E-state index contributed by atoms with van der Waals surface area (Å²) >= 11 is 1.26. The lowest BCUT2D eigenvalue weighted by molar-refractivity contribution is -0.113. The molecule has 0 aromatic rings. The second-order valence-electron chi connectivity index (χ2n) is 6.51. The van der Waals surface area contributed by atoms with Crippen LogP contribution < -0.4 is 0 Å². The van der Waals surface area contributed by atoms with Crippen LogP contribution in [0.25, 0.3) is 0 Å². The van der Waals surface area contributed by atoms with Crippen LogP contribution in [0.4, 0.5) is 0 Å². The number of hydrogen-bond donors (Lipinski definition) is 0. The lowest BCUT2D eigenvalue weighted by Gasteiger charge is -2.39. The molecule has 2 rings (SSSR count). The number of carbonyl (C=O) groups excluding carboxylic acids is 1. The van der Waals surface area contributed by atoms with E-state index < -0.39 is 0 Å². The van der Waals surface area contributed by atoms with Gasteiger partial charge in [-0.15, -0.1) is 0 Å². The zero-order valence-electron chi connectivity index (χ0n) is 14.9. The van der Waals surface area contributed by atoms with Crippen molar-refractivity contribution in [1.82, 2.24) is 4.90 Å². The Morgan fingerprint density at radius 3 is 2.83 bits per heavy atom. The van der Waals surface area contributed by atoms with Gasteiger partial charge in [-0.2, -0.15) is 5.26 Å². The van der Waals surface area contributed by atoms with Crippen molar-refractivity contribution in [3.63, 3.8) is 0 Å². The van der Waals surface area contributed by atoms with Crippen molar-refractivity contribution >= 4 is 17.5 Å². The highest BCUT2D eigenvalue weighted by Gasteiger charge is 2.34. The average Bonchev–Trinajstić information content (AvgIpc) is 2.84. The first kappa shape index (κ1) is 18.9. The minimum atomic E-state index is 0.00944. The van der Waals surface area contributed by atoms with E-state index in [-0.39, 0.29) is 11.8 Å². The van der Waals surface area contributed by atoms with E-state index in [0.29, 0.717) is 5.88 Å². The maximum Gasteiger partial charge on any atom is 0.188 e. The third kappa shape index (κ3) is 4.54. The number of thioether (sulfide) groups is 1. The van der Waals surface area contributed by atoms with Gasteiger partial charge >= 0.3 is 0 Å². The van der Waals surface area contributed by atoms with Gasteiger partial charge in [0.25, 0.3) is 0 Å². The fourth-order valence-corrected chi connectivity index (χ4v) is 4.01. The Morgan fingerprint density at radius 1 is 1.29 bits per heavy atom. The Morgan fingerprint density at radius 2 is 2.08 bits per heavy atom. The molecule has 0 N–H and O–H groups in total. The fraction of sp³-hybridized carbons (Fsp3) is 0.600. The highest BCUT2D eigenvalue weighted by Crippen LogP contribution is 2.34. The summed E-state index contributed by atoms with van der Waals surface area (Å²) in [6.45, 7) is 4.18. The summed E-state index contributed by atoms with van der Waals surface area (Å²) in [5.74, 6) is 0.825. The summed E-state index contributed by atoms with van der Waals surface area (Å²) in [5, 5.41) is 11.2. The van der Waals surface area contributed by atoms with Crippen LogP contribution >= 0.6 is 11.8 Å². The van der Waals surface area contributed by atoms with Gasteiger partial charge in [-0.3, -0.25) is 4.79 Å². The van der Waals surface area contributed by atoms with Gasteiger partial charge in [-0.25, -0.2) is 0 Å². The number of unbranched alkanes of at least 4 members (excludes halogenated alkanes) is 4. The quantitative estimate of drug-likeness (QED) is 0.339. The van der Waals surface area contributed by atoms with Crippen molar-refractivity contribution < 1.29 is 4.79 Å². The molecule has 1 unspecified atom stereocenters. The maximum absolute atomic E-state index is 12.8. The molecule has 0 bridgehead atoms. The van der Waals surface area contributed by atoms with E-state index in [0.717, 1.165) is 42.5 Å². The molecule has 2 aliphatic rings. The summed E-state index contributed by atoms with van der Waals surface area (Å²) < 4.78 is 0. The van der Waals surface area contributed by atoms with Crippen LogP contribution in [-0.4, -0.2) is 22.6 Å². The largest absolute Gasteiger partial charge is 0.354 e. The number of rotatable bonds is 8. The summed E-state index contributed by atoms with van der Waals surface area (Å²) in [5.41, 5.74) is 2.92. The van der Waals surface area contributed by atoms with Crippen molar-refractivity contribution in [2.24, 2.45) is 0 Å². The third-order valence-corrected chi connectivity index (χ3v) is 5.37. The predicted octanol–water partition coefficient (Wildman–Crippen LogP) is 5.32. The normalized spacial score (nSPS) is 20.5. The van der Waals surface area contributed by atoms with Crippen LogP contribution in [0.3, 0.4) is 0 Å². The molecule has 0 amide bonds. The number of Topliss-reactive ketones (excluding diaryl/α,β-unsaturated/α-hetero) is 1. The van der Waals surface area contributed by atoms with Crippen LogP contribution in [0.1, 0.15) is 65.2 Å². The average molecular weight is 345 g/mol. The Balaban J connectivity index is 2.21. The van der Waals surface area contributed by atoms with Gasteiger partial charge in [0, 0.05) is 16.8 Å². The lowest BCUT2D eigenvalue weighted by Crippen LogP contribution is -2.42. The molecule has 0 aromatic heterocycles. The molecular formula is C20H28N2OS. The van der Waals surface area contributed by atoms with Gasteiger partial charge in [0.1, 0.15) is 5.40 Å². The number of thiocyanates is 1. The number of hydrogen-bond acceptors (Lipinski definition) is 4. The summed E-state index contributed by atoms with van der Waals surface area (Å²) in [7, 11) is 0. The molecule has 0 spiro atoms. The molecule has 130 valence electrons. The number of fused-ring (bicyclic) bond motifs is 1. The van der Waals surface area contributed by atoms with Crippen molar-refractivity contribution in [2.45, 2.75) is 71.3 Å². The molecule has 1 aliphatic carbocycles.